The molecule has 0 N–H and O–H groups in total. The number of carbonyl (C=O) groups is 1. The van der Waals surface area contributed by atoms with Gasteiger partial charge >= 0.3 is 0 Å². The number of carbonyl (C=O) groups excluding carboxylic acids is 1. The molecule has 0 bridgehead atoms. The van der Waals surface area contributed by atoms with E-state index in [-0.39, 0.29) is 30.0 Å². The molecule has 4 rings (SSSR count). The van der Waals surface area contributed by atoms with E-state index in [0.29, 0.717) is 19.5 Å². The summed E-state index contributed by atoms with van der Waals surface area (Å²) in [5.41, 5.74) is 2.15. The maximum absolute atomic E-state index is 13.0. The van der Waals surface area contributed by atoms with Crippen molar-refractivity contribution >= 4 is 21.4 Å². The Morgan fingerprint density at radius 2 is 2.08 bits per heavy atom. The van der Waals surface area contributed by atoms with Crippen molar-refractivity contribution in [2.24, 2.45) is 0 Å². The van der Waals surface area contributed by atoms with Crippen LogP contribution in [0.25, 0.3) is 0 Å². The molecule has 0 unspecified atom stereocenters. The third-order valence-electron chi connectivity index (χ3n) is 5.19. The molecular weight excluding hydrogens is 352 g/mol. The van der Waals surface area contributed by atoms with E-state index < -0.39 is 9.84 Å². The van der Waals surface area contributed by atoms with Crippen molar-refractivity contribution in [1.82, 2.24) is 4.90 Å². The van der Waals surface area contributed by atoms with Gasteiger partial charge in [0.1, 0.15) is 5.76 Å². The van der Waals surface area contributed by atoms with Crippen LogP contribution in [0, 0.1) is 0 Å². The van der Waals surface area contributed by atoms with Crippen LogP contribution in [-0.4, -0.2) is 49.9 Å². The lowest BCUT2D eigenvalue weighted by Crippen LogP contribution is -2.44. The molecule has 1 amide bonds. The molecular formula is C19H22N2O4S. The lowest BCUT2D eigenvalue weighted by molar-refractivity contribution is -0.120. The number of furan rings is 1. The van der Waals surface area contributed by atoms with Gasteiger partial charge in [0.2, 0.25) is 5.91 Å². The molecule has 2 aromatic rings. The Bertz CT molecular complexity index is 892. The third kappa shape index (κ3) is 3.54. The Morgan fingerprint density at radius 3 is 2.81 bits per heavy atom. The van der Waals surface area contributed by atoms with Gasteiger partial charge in [-0.1, -0.05) is 18.2 Å². The zero-order valence-electron chi connectivity index (χ0n) is 14.5. The third-order valence-corrected chi connectivity index (χ3v) is 6.94. The monoisotopic (exact) mass is 374 g/mol. The van der Waals surface area contributed by atoms with Gasteiger partial charge < -0.3 is 9.32 Å². The average molecular weight is 374 g/mol. The van der Waals surface area contributed by atoms with E-state index in [2.05, 4.69) is 0 Å². The predicted octanol–water partition coefficient (Wildman–Crippen LogP) is 1.86. The van der Waals surface area contributed by atoms with E-state index in [1.54, 1.807) is 12.3 Å². The van der Waals surface area contributed by atoms with Gasteiger partial charge in [-0.15, -0.1) is 0 Å². The van der Waals surface area contributed by atoms with Gasteiger partial charge in [-0.25, -0.2) is 8.42 Å². The van der Waals surface area contributed by atoms with Gasteiger partial charge in [0.15, 0.2) is 9.84 Å². The van der Waals surface area contributed by atoms with E-state index >= 15 is 0 Å². The largest absolute Gasteiger partial charge is 0.468 e. The number of amides is 1. The van der Waals surface area contributed by atoms with E-state index in [1.165, 1.54) is 5.56 Å². The van der Waals surface area contributed by atoms with Crippen LogP contribution in [0.1, 0.15) is 17.7 Å². The van der Waals surface area contributed by atoms with Crippen LogP contribution in [0.15, 0.2) is 47.1 Å². The minimum Gasteiger partial charge on any atom is -0.468 e. The fraction of sp³-hybridized carbons (Fsp3) is 0.421. The molecule has 2 aliphatic rings. The minimum absolute atomic E-state index is 0.00537. The number of sulfone groups is 1. The highest BCUT2D eigenvalue weighted by molar-refractivity contribution is 7.91. The summed E-state index contributed by atoms with van der Waals surface area (Å²) in [4.78, 5) is 16.7. The van der Waals surface area contributed by atoms with E-state index in [0.717, 1.165) is 17.9 Å². The van der Waals surface area contributed by atoms with E-state index in [4.69, 9.17) is 4.42 Å². The van der Waals surface area contributed by atoms with Crippen LogP contribution in [-0.2, 0) is 27.6 Å². The molecule has 0 saturated carbocycles. The topological polar surface area (TPSA) is 70.8 Å². The molecule has 2 aliphatic heterocycles. The first-order valence-corrected chi connectivity index (χ1v) is 10.7. The summed E-state index contributed by atoms with van der Waals surface area (Å²) in [5, 5.41) is 0. The quantitative estimate of drug-likeness (QED) is 0.799. The zero-order valence-corrected chi connectivity index (χ0v) is 15.3. The van der Waals surface area contributed by atoms with Crippen LogP contribution < -0.4 is 4.90 Å². The number of benzene rings is 1. The fourth-order valence-corrected chi connectivity index (χ4v) is 5.60. The van der Waals surface area contributed by atoms with Crippen molar-refractivity contribution in [3.63, 3.8) is 0 Å². The maximum Gasteiger partial charge on any atom is 0.241 e. The van der Waals surface area contributed by atoms with Crippen LogP contribution >= 0.6 is 0 Å². The SMILES string of the molecule is O=C(CN(Cc1ccco1)[C@@H]1CCS(=O)(=O)C1)N1CCc2ccccc21. The molecule has 6 nitrogen and oxygen atoms in total. The van der Waals surface area contributed by atoms with Gasteiger partial charge in [0.25, 0.3) is 0 Å². The maximum atomic E-state index is 13.0. The highest BCUT2D eigenvalue weighted by Crippen LogP contribution is 2.28. The molecule has 0 radical (unpaired) electrons. The predicted molar refractivity (Wildman–Crippen MR) is 98.7 cm³/mol. The van der Waals surface area contributed by atoms with Crippen molar-refractivity contribution in [1.29, 1.82) is 0 Å². The molecule has 1 aromatic heterocycles. The van der Waals surface area contributed by atoms with Crippen molar-refractivity contribution in [3.8, 4) is 0 Å². The number of hydrogen-bond acceptors (Lipinski definition) is 5. The fourth-order valence-electron chi connectivity index (χ4n) is 3.84. The summed E-state index contributed by atoms with van der Waals surface area (Å²) >= 11 is 0. The molecule has 7 heteroatoms. The van der Waals surface area contributed by atoms with Gasteiger partial charge in [-0.2, -0.15) is 0 Å². The Balaban J connectivity index is 1.52. The molecule has 1 saturated heterocycles. The normalized spacial score (nSPS) is 21.3. The van der Waals surface area contributed by atoms with Gasteiger partial charge in [0.05, 0.1) is 30.9 Å². The average Bonchev–Trinajstić information content (AvgIpc) is 3.33. The second-order valence-electron chi connectivity index (χ2n) is 6.97. The lowest BCUT2D eigenvalue weighted by Gasteiger charge is -2.28. The molecule has 1 atom stereocenters. The molecule has 0 spiro atoms. The van der Waals surface area contributed by atoms with Crippen LogP contribution in [0.4, 0.5) is 5.69 Å². The molecule has 1 fully saturated rings. The number of fused-ring (bicyclic) bond motifs is 1. The summed E-state index contributed by atoms with van der Waals surface area (Å²) in [5.74, 6) is 1.04. The van der Waals surface area contributed by atoms with Gasteiger partial charge in [-0.05, 0) is 36.6 Å². The molecule has 1 aromatic carbocycles. The molecule has 0 aliphatic carbocycles. The summed E-state index contributed by atoms with van der Waals surface area (Å²) in [7, 11) is -3.02. The standard InChI is InChI=1S/C19H22N2O4S/c22-19(21-9-7-15-4-1-2-6-18(15)21)13-20(12-17-5-3-10-25-17)16-8-11-26(23,24)14-16/h1-6,10,16H,7-9,11-14H2/t16-/m1/s1. The first-order valence-electron chi connectivity index (χ1n) is 8.87. The van der Waals surface area contributed by atoms with Crippen molar-refractivity contribution in [2.45, 2.75) is 25.4 Å². The number of para-hydroxylation sites is 1. The Labute approximate surface area is 153 Å². The smallest absolute Gasteiger partial charge is 0.241 e. The number of anilines is 1. The number of rotatable bonds is 5. The first kappa shape index (κ1) is 17.3. The summed E-state index contributed by atoms with van der Waals surface area (Å²) < 4.78 is 29.2. The van der Waals surface area contributed by atoms with E-state index in [1.807, 2.05) is 40.1 Å². The summed E-state index contributed by atoms with van der Waals surface area (Å²) in [6.07, 6.45) is 3.02. The number of hydrogen-bond donors (Lipinski definition) is 0. The Kier molecular flexibility index (Phi) is 4.58. The number of nitrogens with zero attached hydrogens (tertiary/aromatic N) is 2. The van der Waals surface area contributed by atoms with Crippen LogP contribution in [0.5, 0.6) is 0 Å². The Morgan fingerprint density at radius 1 is 1.23 bits per heavy atom. The second-order valence-corrected chi connectivity index (χ2v) is 9.19. The molecule has 138 valence electrons. The highest BCUT2D eigenvalue weighted by Gasteiger charge is 2.35. The zero-order chi connectivity index (χ0) is 18.1. The summed E-state index contributed by atoms with van der Waals surface area (Å²) in [6, 6.07) is 11.5. The Hall–Kier alpha value is -2.12. The molecule has 26 heavy (non-hydrogen) atoms. The van der Waals surface area contributed by atoms with Crippen LogP contribution in [0.3, 0.4) is 0 Å². The van der Waals surface area contributed by atoms with Crippen LogP contribution in [0.2, 0.25) is 0 Å². The molecule has 3 heterocycles. The van der Waals surface area contributed by atoms with Gasteiger partial charge in [0, 0.05) is 18.3 Å². The van der Waals surface area contributed by atoms with Crippen molar-refractivity contribution < 1.29 is 17.6 Å². The van der Waals surface area contributed by atoms with Gasteiger partial charge in [-0.3, -0.25) is 9.69 Å². The highest BCUT2D eigenvalue weighted by atomic mass is 32.2. The lowest BCUT2D eigenvalue weighted by atomic mass is 10.2. The summed E-state index contributed by atoms with van der Waals surface area (Å²) in [6.45, 7) is 1.30. The first-order chi connectivity index (χ1) is 12.5. The second kappa shape index (κ2) is 6.89. The minimum atomic E-state index is -3.02. The van der Waals surface area contributed by atoms with Crippen molar-refractivity contribution in [3.05, 3.63) is 54.0 Å². The van der Waals surface area contributed by atoms with E-state index in [9.17, 15) is 13.2 Å². The van der Waals surface area contributed by atoms with Crippen molar-refractivity contribution in [2.75, 3.05) is 29.5 Å².